The molecule has 1 aromatic carbocycles. The Labute approximate surface area is 103 Å². The van der Waals surface area contributed by atoms with Crippen LogP contribution in [0.1, 0.15) is 12.5 Å². The Bertz CT molecular complexity index is 347. The molecule has 1 rings (SSSR count). The molecular weight excluding hydrogens is 216 g/mol. The maximum Gasteiger partial charge on any atom is 0.250 e. The molecule has 1 amide bonds. The van der Waals surface area contributed by atoms with Gasteiger partial charge in [-0.05, 0) is 38.7 Å². The molecule has 0 aromatic heterocycles. The van der Waals surface area contributed by atoms with Gasteiger partial charge in [0, 0.05) is 18.8 Å². The van der Waals surface area contributed by atoms with E-state index in [0.29, 0.717) is 6.61 Å². The molecule has 4 heteroatoms. The summed E-state index contributed by atoms with van der Waals surface area (Å²) < 4.78 is 5.03. The summed E-state index contributed by atoms with van der Waals surface area (Å²) in [6.07, 6.45) is 0. The molecule has 1 N–H and O–H groups in total. The van der Waals surface area contributed by atoms with Gasteiger partial charge >= 0.3 is 0 Å². The average molecular weight is 236 g/mol. The van der Waals surface area contributed by atoms with Crippen molar-refractivity contribution in [3.05, 3.63) is 29.8 Å². The normalized spacial score (nSPS) is 10.6. The summed E-state index contributed by atoms with van der Waals surface area (Å²) in [5.41, 5.74) is 2.02. The van der Waals surface area contributed by atoms with Crippen molar-refractivity contribution in [2.24, 2.45) is 0 Å². The molecule has 1 aromatic rings. The van der Waals surface area contributed by atoms with Gasteiger partial charge in [0.15, 0.2) is 0 Å². The molecule has 0 radical (unpaired) electrons. The van der Waals surface area contributed by atoms with Gasteiger partial charge in [-0.1, -0.05) is 12.1 Å². The van der Waals surface area contributed by atoms with E-state index in [-0.39, 0.29) is 12.5 Å². The summed E-state index contributed by atoms with van der Waals surface area (Å²) >= 11 is 0. The highest BCUT2D eigenvalue weighted by molar-refractivity contribution is 5.91. The molecule has 0 spiro atoms. The minimum atomic E-state index is -0.118. The van der Waals surface area contributed by atoms with Crippen molar-refractivity contribution in [3.8, 4) is 0 Å². The van der Waals surface area contributed by atoms with Crippen molar-refractivity contribution in [1.82, 2.24) is 4.90 Å². The predicted molar refractivity (Wildman–Crippen MR) is 69.0 cm³/mol. The second-order valence-corrected chi connectivity index (χ2v) is 4.12. The summed E-state index contributed by atoms with van der Waals surface area (Å²) in [5.74, 6) is -0.118. The Morgan fingerprint density at radius 3 is 2.47 bits per heavy atom. The largest absolute Gasteiger partial charge is 0.372 e. The first-order valence-corrected chi connectivity index (χ1v) is 5.73. The van der Waals surface area contributed by atoms with E-state index in [1.54, 1.807) is 0 Å². The fraction of sp³-hybridized carbons (Fsp3) is 0.462. The molecule has 0 aliphatic rings. The first-order chi connectivity index (χ1) is 8.11. The van der Waals surface area contributed by atoms with Gasteiger partial charge in [0.25, 0.3) is 0 Å². The van der Waals surface area contributed by atoms with Crippen LogP contribution in [-0.2, 0) is 16.1 Å². The quantitative estimate of drug-likeness (QED) is 0.817. The van der Waals surface area contributed by atoms with Crippen molar-refractivity contribution in [2.75, 3.05) is 32.6 Å². The first kappa shape index (κ1) is 13.7. The van der Waals surface area contributed by atoms with Crippen molar-refractivity contribution >= 4 is 11.6 Å². The second-order valence-electron chi connectivity index (χ2n) is 4.12. The van der Waals surface area contributed by atoms with Crippen LogP contribution < -0.4 is 5.32 Å². The number of benzene rings is 1. The molecule has 94 valence electrons. The molecule has 0 saturated carbocycles. The molecule has 0 aliphatic carbocycles. The number of carbonyl (C=O) groups excluding carboxylic acids is 1. The van der Waals surface area contributed by atoms with Crippen LogP contribution in [0.15, 0.2) is 24.3 Å². The SMILES string of the molecule is CCOCC(=O)Nc1ccc(CN(C)C)cc1. The summed E-state index contributed by atoms with van der Waals surface area (Å²) in [6.45, 7) is 3.42. The smallest absolute Gasteiger partial charge is 0.250 e. The van der Waals surface area contributed by atoms with Gasteiger partial charge in [0.2, 0.25) is 5.91 Å². The zero-order valence-corrected chi connectivity index (χ0v) is 10.7. The minimum absolute atomic E-state index is 0.107. The van der Waals surface area contributed by atoms with E-state index < -0.39 is 0 Å². The zero-order chi connectivity index (χ0) is 12.7. The van der Waals surface area contributed by atoms with Crippen LogP contribution in [0.25, 0.3) is 0 Å². The van der Waals surface area contributed by atoms with Crippen molar-refractivity contribution in [2.45, 2.75) is 13.5 Å². The number of nitrogens with one attached hydrogen (secondary N) is 1. The number of hydrogen-bond donors (Lipinski definition) is 1. The van der Waals surface area contributed by atoms with E-state index >= 15 is 0 Å². The standard InChI is InChI=1S/C13H20N2O2/c1-4-17-10-13(16)14-12-7-5-11(6-8-12)9-15(2)3/h5-8H,4,9-10H2,1-3H3,(H,14,16). The number of amides is 1. The third kappa shape index (κ3) is 5.47. The highest BCUT2D eigenvalue weighted by Crippen LogP contribution is 2.10. The molecule has 0 saturated heterocycles. The minimum Gasteiger partial charge on any atom is -0.372 e. The van der Waals surface area contributed by atoms with Crippen molar-refractivity contribution in [3.63, 3.8) is 0 Å². The van der Waals surface area contributed by atoms with Crippen LogP contribution in [0.5, 0.6) is 0 Å². The molecule has 0 aliphatic heterocycles. The number of ether oxygens (including phenoxy) is 1. The molecule has 0 fully saturated rings. The summed E-state index contributed by atoms with van der Waals surface area (Å²) in [4.78, 5) is 13.5. The Kier molecular flexibility index (Phi) is 5.66. The zero-order valence-electron chi connectivity index (χ0n) is 10.7. The van der Waals surface area contributed by atoms with Crippen LogP contribution >= 0.6 is 0 Å². The lowest BCUT2D eigenvalue weighted by molar-refractivity contribution is -0.120. The van der Waals surface area contributed by atoms with Gasteiger partial charge < -0.3 is 15.0 Å². The van der Waals surface area contributed by atoms with E-state index in [2.05, 4.69) is 10.2 Å². The monoisotopic (exact) mass is 236 g/mol. The fourth-order valence-electron chi connectivity index (χ4n) is 1.45. The van der Waals surface area contributed by atoms with Crippen LogP contribution in [0.2, 0.25) is 0 Å². The summed E-state index contributed by atoms with van der Waals surface area (Å²) in [5, 5.41) is 2.78. The number of rotatable bonds is 6. The Hall–Kier alpha value is -1.39. The van der Waals surface area contributed by atoms with Gasteiger partial charge in [-0.25, -0.2) is 0 Å². The summed E-state index contributed by atoms with van der Waals surface area (Å²) in [7, 11) is 4.05. The van der Waals surface area contributed by atoms with Crippen LogP contribution in [0.3, 0.4) is 0 Å². The van der Waals surface area contributed by atoms with Crippen molar-refractivity contribution < 1.29 is 9.53 Å². The first-order valence-electron chi connectivity index (χ1n) is 5.73. The molecule has 0 atom stereocenters. The topological polar surface area (TPSA) is 41.6 Å². The van der Waals surface area contributed by atoms with Crippen LogP contribution in [0, 0.1) is 0 Å². The molecule has 0 heterocycles. The van der Waals surface area contributed by atoms with E-state index in [1.165, 1.54) is 5.56 Å². The van der Waals surface area contributed by atoms with E-state index in [0.717, 1.165) is 12.2 Å². The Morgan fingerprint density at radius 1 is 1.29 bits per heavy atom. The van der Waals surface area contributed by atoms with Gasteiger partial charge in [0.1, 0.15) is 6.61 Å². The maximum absolute atomic E-state index is 11.4. The number of nitrogens with zero attached hydrogens (tertiary/aromatic N) is 1. The molecule has 0 unspecified atom stereocenters. The lowest BCUT2D eigenvalue weighted by Crippen LogP contribution is -2.18. The van der Waals surface area contributed by atoms with Gasteiger partial charge in [-0.3, -0.25) is 4.79 Å². The van der Waals surface area contributed by atoms with Crippen LogP contribution in [-0.4, -0.2) is 38.1 Å². The molecule has 17 heavy (non-hydrogen) atoms. The maximum atomic E-state index is 11.4. The lowest BCUT2D eigenvalue weighted by atomic mass is 10.2. The van der Waals surface area contributed by atoms with Gasteiger partial charge in [-0.15, -0.1) is 0 Å². The number of carbonyl (C=O) groups is 1. The van der Waals surface area contributed by atoms with Crippen LogP contribution in [0.4, 0.5) is 5.69 Å². The highest BCUT2D eigenvalue weighted by Gasteiger charge is 2.02. The molecule has 4 nitrogen and oxygen atoms in total. The average Bonchev–Trinajstić information content (AvgIpc) is 2.28. The van der Waals surface area contributed by atoms with E-state index in [9.17, 15) is 4.79 Å². The van der Waals surface area contributed by atoms with E-state index in [1.807, 2.05) is 45.3 Å². The van der Waals surface area contributed by atoms with Crippen molar-refractivity contribution in [1.29, 1.82) is 0 Å². The predicted octanol–water partition coefficient (Wildman–Crippen LogP) is 1.72. The highest BCUT2D eigenvalue weighted by atomic mass is 16.5. The molecular formula is C13H20N2O2. The number of hydrogen-bond acceptors (Lipinski definition) is 3. The van der Waals surface area contributed by atoms with Gasteiger partial charge in [0.05, 0.1) is 0 Å². The van der Waals surface area contributed by atoms with Gasteiger partial charge in [-0.2, -0.15) is 0 Å². The lowest BCUT2D eigenvalue weighted by Gasteiger charge is -2.10. The third-order valence-corrected chi connectivity index (χ3v) is 2.17. The third-order valence-electron chi connectivity index (χ3n) is 2.17. The Morgan fingerprint density at radius 2 is 1.94 bits per heavy atom. The fourth-order valence-corrected chi connectivity index (χ4v) is 1.45. The molecule has 0 bridgehead atoms. The second kappa shape index (κ2) is 7.04. The Balaban J connectivity index is 2.47. The van der Waals surface area contributed by atoms with E-state index in [4.69, 9.17) is 4.74 Å². The number of anilines is 1. The summed E-state index contributed by atoms with van der Waals surface area (Å²) in [6, 6.07) is 7.83.